The number of nitrogens with one attached hydrogen (secondary N) is 2. The smallest absolute Gasteiger partial charge is 0.337 e. The Bertz CT molecular complexity index is 946. The molecule has 0 aliphatic heterocycles. The van der Waals surface area contributed by atoms with Gasteiger partial charge in [-0.15, -0.1) is 11.3 Å². The number of rotatable bonds is 6. The van der Waals surface area contributed by atoms with E-state index < -0.39 is 23.4 Å². The lowest BCUT2D eigenvalue weighted by atomic mass is 9.98. The van der Waals surface area contributed by atoms with Gasteiger partial charge in [0.1, 0.15) is 5.76 Å². The first kappa shape index (κ1) is 20.3. The van der Waals surface area contributed by atoms with Crippen LogP contribution in [0.15, 0.2) is 64.6 Å². The van der Waals surface area contributed by atoms with Crippen LogP contribution in [0.3, 0.4) is 0 Å². The molecule has 1 aromatic carbocycles. The van der Waals surface area contributed by atoms with Crippen LogP contribution in [-0.4, -0.2) is 36.5 Å². The van der Waals surface area contributed by atoms with Crippen LogP contribution < -0.4 is 10.6 Å². The molecule has 9 heteroatoms. The van der Waals surface area contributed by atoms with Crippen LogP contribution in [0.2, 0.25) is 0 Å². The number of amides is 2. The van der Waals surface area contributed by atoms with Gasteiger partial charge in [0.2, 0.25) is 0 Å². The van der Waals surface area contributed by atoms with E-state index >= 15 is 0 Å². The van der Waals surface area contributed by atoms with Crippen molar-refractivity contribution < 1.29 is 28.6 Å². The number of carbonyl (C=O) groups is 3. The minimum atomic E-state index is -1.60. The fraction of sp³-hybridized carbons (Fsp3) is 0.150. The maximum Gasteiger partial charge on any atom is 0.337 e. The van der Waals surface area contributed by atoms with Crippen LogP contribution in [0, 0.1) is 0 Å². The Morgan fingerprint density at radius 1 is 1.10 bits per heavy atom. The average Bonchev–Trinajstić information content (AvgIpc) is 3.46. The van der Waals surface area contributed by atoms with Crippen molar-refractivity contribution in [3.63, 3.8) is 0 Å². The summed E-state index contributed by atoms with van der Waals surface area (Å²) < 4.78 is 9.92. The first-order valence-corrected chi connectivity index (χ1v) is 9.40. The molecule has 8 nitrogen and oxygen atoms in total. The maximum absolute atomic E-state index is 12.2. The quantitative estimate of drug-likeness (QED) is 0.420. The highest BCUT2D eigenvalue weighted by molar-refractivity contribution is 7.10. The molecule has 0 spiro atoms. The molecule has 3 rings (SSSR count). The molecule has 0 aliphatic carbocycles. The Morgan fingerprint density at radius 2 is 1.86 bits per heavy atom. The molecule has 1 atom stereocenters. The highest BCUT2D eigenvalue weighted by Gasteiger charge is 2.36. The first-order chi connectivity index (χ1) is 13.9. The highest BCUT2D eigenvalue weighted by Crippen LogP contribution is 2.32. The predicted octanol–water partition coefficient (Wildman–Crippen LogP) is 2.12. The summed E-state index contributed by atoms with van der Waals surface area (Å²) in [6.07, 6.45) is 1.42. The topological polar surface area (TPSA) is 118 Å². The molecule has 2 heterocycles. The molecular formula is C20H18N2O6S. The van der Waals surface area contributed by atoms with Crippen molar-refractivity contribution in [3.05, 3.63) is 76.4 Å². The minimum Gasteiger partial charge on any atom is -0.466 e. The van der Waals surface area contributed by atoms with Gasteiger partial charge in [0.25, 0.3) is 0 Å². The molecule has 3 aromatic rings. The summed E-state index contributed by atoms with van der Waals surface area (Å²) >= 11 is 1.30. The molecule has 0 fully saturated rings. The molecule has 1 unspecified atom stereocenters. The van der Waals surface area contributed by atoms with Crippen molar-refractivity contribution in [2.24, 2.45) is 0 Å². The molecule has 29 heavy (non-hydrogen) atoms. The van der Waals surface area contributed by atoms with Crippen LogP contribution in [0.25, 0.3) is 0 Å². The number of methoxy groups -OCH3 is 1. The van der Waals surface area contributed by atoms with Gasteiger partial charge < -0.3 is 24.9 Å². The third kappa shape index (κ3) is 4.53. The molecule has 2 amide bonds. The number of furan rings is 1. The average molecular weight is 414 g/mol. The van der Waals surface area contributed by atoms with Crippen molar-refractivity contribution in [1.29, 1.82) is 0 Å². The summed E-state index contributed by atoms with van der Waals surface area (Å²) in [4.78, 5) is 36.4. The highest BCUT2D eigenvalue weighted by atomic mass is 32.1. The number of anilines is 1. The monoisotopic (exact) mass is 414 g/mol. The maximum atomic E-state index is 12.2. The fourth-order valence-corrected chi connectivity index (χ4v) is 3.44. The van der Waals surface area contributed by atoms with E-state index in [4.69, 9.17) is 4.42 Å². The minimum absolute atomic E-state index is 0.249. The van der Waals surface area contributed by atoms with Gasteiger partial charge in [-0.1, -0.05) is 6.07 Å². The zero-order chi connectivity index (χ0) is 20.9. The third-order valence-corrected chi connectivity index (χ3v) is 5.15. The van der Waals surface area contributed by atoms with Crippen LogP contribution in [0.1, 0.15) is 21.0 Å². The molecule has 0 saturated carbocycles. The van der Waals surface area contributed by atoms with E-state index in [1.165, 1.54) is 49.0 Å². The second-order valence-electron chi connectivity index (χ2n) is 6.02. The normalized spacial score (nSPS) is 12.6. The molecule has 3 N–H and O–H groups in total. The van der Waals surface area contributed by atoms with E-state index in [0.717, 1.165) is 0 Å². The van der Waals surface area contributed by atoms with Crippen LogP contribution in [0.4, 0.5) is 5.69 Å². The van der Waals surface area contributed by atoms with E-state index in [2.05, 4.69) is 15.4 Å². The Hall–Kier alpha value is -3.43. The van der Waals surface area contributed by atoms with Gasteiger partial charge in [-0.3, -0.25) is 9.59 Å². The number of benzene rings is 1. The van der Waals surface area contributed by atoms with Gasteiger partial charge in [0.05, 0.1) is 25.5 Å². The third-order valence-electron chi connectivity index (χ3n) is 4.13. The summed E-state index contributed by atoms with van der Waals surface area (Å²) in [6.45, 7) is -0.255. The number of esters is 1. The van der Waals surface area contributed by atoms with Crippen LogP contribution >= 0.6 is 11.3 Å². The number of hydrogen-bond donors (Lipinski definition) is 3. The van der Waals surface area contributed by atoms with Crippen molar-refractivity contribution in [3.8, 4) is 0 Å². The van der Waals surface area contributed by atoms with E-state index in [-0.39, 0.29) is 12.3 Å². The van der Waals surface area contributed by atoms with Gasteiger partial charge in [-0.25, -0.2) is 4.79 Å². The number of thiophene rings is 1. The number of carbonyl (C=O) groups excluding carboxylic acids is 3. The summed E-state index contributed by atoms with van der Waals surface area (Å²) in [5, 5.41) is 17.7. The van der Waals surface area contributed by atoms with Gasteiger partial charge >= 0.3 is 17.8 Å². The number of aliphatic hydroxyl groups is 1. The standard InChI is InChI=1S/C20H18N2O6S/c1-27-19(25)13-6-8-14(9-7-13)22-18(24)17(23)21-12-20(26,15-4-2-10-28-15)16-5-3-11-29-16/h2-11,26H,12H2,1H3,(H,21,23)(H,22,24). The van der Waals surface area contributed by atoms with Crippen LogP contribution in [0.5, 0.6) is 0 Å². The lowest BCUT2D eigenvalue weighted by molar-refractivity contribution is -0.136. The number of hydrogen-bond acceptors (Lipinski definition) is 7. The molecule has 150 valence electrons. The molecule has 2 aromatic heterocycles. The molecular weight excluding hydrogens is 396 g/mol. The summed E-state index contributed by atoms with van der Waals surface area (Å²) in [5.74, 6) is -2.10. The van der Waals surface area contributed by atoms with Crippen molar-refractivity contribution in [2.45, 2.75) is 5.60 Å². The largest absolute Gasteiger partial charge is 0.466 e. The zero-order valence-corrected chi connectivity index (χ0v) is 16.2. The molecule has 0 bridgehead atoms. The number of ether oxygens (including phenoxy) is 1. The van der Waals surface area contributed by atoms with Gasteiger partial charge in [-0.2, -0.15) is 0 Å². The molecule has 0 saturated heterocycles. The summed E-state index contributed by atoms with van der Waals surface area (Å²) in [7, 11) is 1.27. The second kappa shape index (κ2) is 8.72. The zero-order valence-electron chi connectivity index (χ0n) is 15.4. The Morgan fingerprint density at radius 3 is 2.45 bits per heavy atom. The lowest BCUT2D eigenvalue weighted by Gasteiger charge is -2.25. The lowest BCUT2D eigenvalue weighted by Crippen LogP contribution is -2.44. The van der Waals surface area contributed by atoms with Crippen molar-refractivity contribution in [2.75, 3.05) is 19.0 Å². The van der Waals surface area contributed by atoms with Gasteiger partial charge in [0, 0.05) is 10.6 Å². The molecule has 0 radical (unpaired) electrons. The molecule has 0 aliphatic rings. The fourth-order valence-electron chi connectivity index (χ4n) is 2.61. The van der Waals surface area contributed by atoms with Gasteiger partial charge in [-0.05, 0) is 47.8 Å². The first-order valence-electron chi connectivity index (χ1n) is 8.52. The second-order valence-corrected chi connectivity index (χ2v) is 6.97. The van der Waals surface area contributed by atoms with E-state index in [9.17, 15) is 19.5 Å². The summed E-state index contributed by atoms with van der Waals surface area (Å²) in [5.41, 5.74) is -0.956. The van der Waals surface area contributed by atoms with Crippen molar-refractivity contribution >= 4 is 34.8 Å². The van der Waals surface area contributed by atoms with Crippen molar-refractivity contribution in [1.82, 2.24) is 5.32 Å². The predicted molar refractivity (Wildman–Crippen MR) is 105 cm³/mol. The van der Waals surface area contributed by atoms with E-state index in [1.807, 2.05) is 0 Å². The Balaban J connectivity index is 1.64. The van der Waals surface area contributed by atoms with E-state index in [1.54, 1.807) is 29.6 Å². The van der Waals surface area contributed by atoms with E-state index in [0.29, 0.717) is 16.1 Å². The summed E-state index contributed by atoms with van der Waals surface area (Å²) in [6, 6.07) is 12.6. The SMILES string of the molecule is COC(=O)c1ccc(NC(=O)C(=O)NCC(O)(c2ccco2)c2cccs2)cc1. The van der Waals surface area contributed by atoms with Crippen LogP contribution in [-0.2, 0) is 19.9 Å². The van der Waals surface area contributed by atoms with Gasteiger partial charge in [0.15, 0.2) is 5.60 Å². The Labute approximate surface area is 170 Å². The Kier molecular flexibility index (Phi) is 6.10.